The van der Waals surface area contributed by atoms with Crippen LogP contribution in [-0.2, 0) is 14.9 Å². The number of hydrogen-bond acceptors (Lipinski definition) is 6. The van der Waals surface area contributed by atoms with Crippen LogP contribution in [0.3, 0.4) is 0 Å². The average molecular weight is 379 g/mol. The summed E-state index contributed by atoms with van der Waals surface area (Å²) in [6.07, 6.45) is 2.81. The minimum atomic E-state index is -0.806. The Labute approximate surface area is 157 Å². The van der Waals surface area contributed by atoms with Gasteiger partial charge in [-0.05, 0) is 44.5 Å². The lowest BCUT2D eigenvalue weighted by atomic mass is 9.72. The van der Waals surface area contributed by atoms with Crippen molar-refractivity contribution in [2.24, 2.45) is 0 Å². The van der Waals surface area contributed by atoms with E-state index >= 15 is 0 Å². The Kier molecular flexibility index (Phi) is 5.53. The molecule has 7 heteroatoms. The maximum absolute atomic E-state index is 13.0. The molecule has 0 atom stereocenters. The van der Waals surface area contributed by atoms with Gasteiger partial charge < -0.3 is 19.5 Å². The number of nitrogens with one attached hydrogen (secondary N) is 1. The number of pyridine rings is 1. The van der Waals surface area contributed by atoms with E-state index < -0.39 is 5.41 Å². The SMILES string of the molecule is CCOC(=O)C1(c2c(Cl)cnc3cc(OC)c(OC)cc23)CCNCC1. The number of nitrogens with zero attached hydrogens (tertiary/aromatic N) is 1. The highest BCUT2D eigenvalue weighted by atomic mass is 35.5. The van der Waals surface area contributed by atoms with Gasteiger partial charge in [0.05, 0.1) is 36.8 Å². The maximum atomic E-state index is 13.0. The molecule has 0 radical (unpaired) electrons. The molecule has 0 saturated carbocycles. The molecule has 6 nitrogen and oxygen atoms in total. The summed E-state index contributed by atoms with van der Waals surface area (Å²) in [6.45, 7) is 3.57. The predicted molar refractivity (Wildman–Crippen MR) is 100 cm³/mol. The first-order valence-electron chi connectivity index (χ1n) is 8.66. The zero-order valence-electron chi connectivity index (χ0n) is 15.2. The number of fused-ring (bicyclic) bond motifs is 1. The van der Waals surface area contributed by atoms with Crippen molar-refractivity contribution in [3.8, 4) is 11.5 Å². The zero-order chi connectivity index (χ0) is 18.7. The number of hydrogen-bond donors (Lipinski definition) is 1. The van der Waals surface area contributed by atoms with Crippen LogP contribution in [0, 0.1) is 0 Å². The standard InChI is InChI=1S/C19H23ClN2O4/c1-4-26-18(23)19(5-7-21-8-6-19)17-12-9-15(24-2)16(25-3)10-14(12)22-11-13(17)20/h9-11,21H,4-8H2,1-3H3. The minimum absolute atomic E-state index is 0.245. The Morgan fingerprint density at radius 1 is 1.23 bits per heavy atom. The van der Waals surface area contributed by atoms with Gasteiger partial charge in [0.1, 0.15) is 0 Å². The Bertz CT molecular complexity index is 819. The third kappa shape index (κ3) is 3.08. The van der Waals surface area contributed by atoms with E-state index in [-0.39, 0.29) is 5.97 Å². The van der Waals surface area contributed by atoms with Crippen molar-refractivity contribution in [2.45, 2.75) is 25.2 Å². The highest BCUT2D eigenvalue weighted by Gasteiger charge is 2.45. The highest BCUT2D eigenvalue weighted by Crippen LogP contribution is 2.44. The first-order chi connectivity index (χ1) is 12.6. The zero-order valence-corrected chi connectivity index (χ0v) is 16.0. The Morgan fingerprint density at radius 2 is 1.88 bits per heavy atom. The fraction of sp³-hybridized carbons (Fsp3) is 0.474. The molecule has 0 aliphatic carbocycles. The van der Waals surface area contributed by atoms with Crippen molar-refractivity contribution in [3.63, 3.8) is 0 Å². The molecular weight excluding hydrogens is 356 g/mol. The predicted octanol–water partition coefficient (Wildman–Crippen LogP) is 3.09. The molecule has 0 bridgehead atoms. The van der Waals surface area contributed by atoms with Crippen LogP contribution in [0.1, 0.15) is 25.3 Å². The number of benzene rings is 1. The molecule has 2 aromatic rings. The van der Waals surface area contributed by atoms with E-state index in [4.69, 9.17) is 25.8 Å². The average Bonchev–Trinajstić information content (AvgIpc) is 2.67. The second kappa shape index (κ2) is 7.68. The lowest BCUT2D eigenvalue weighted by molar-refractivity contribution is -0.151. The first-order valence-corrected chi connectivity index (χ1v) is 9.04. The number of methoxy groups -OCH3 is 2. The smallest absolute Gasteiger partial charge is 0.316 e. The van der Waals surface area contributed by atoms with Crippen LogP contribution in [0.2, 0.25) is 5.02 Å². The van der Waals surface area contributed by atoms with E-state index in [2.05, 4.69) is 10.3 Å². The van der Waals surface area contributed by atoms with Crippen molar-refractivity contribution < 1.29 is 19.0 Å². The Morgan fingerprint density at radius 3 is 2.50 bits per heavy atom. The largest absolute Gasteiger partial charge is 0.493 e. The van der Waals surface area contributed by atoms with Gasteiger partial charge in [-0.2, -0.15) is 0 Å². The van der Waals surface area contributed by atoms with Gasteiger partial charge in [-0.3, -0.25) is 9.78 Å². The molecule has 140 valence electrons. The van der Waals surface area contributed by atoms with Crippen LogP contribution in [0.15, 0.2) is 18.3 Å². The fourth-order valence-electron chi connectivity index (χ4n) is 3.66. The lowest BCUT2D eigenvalue weighted by Crippen LogP contribution is -2.46. The monoisotopic (exact) mass is 378 g/mol. The van der Waals surface area contributed by atoms with Crippen LogP contribution in [0.5, 0.6) is 11.5 Å². The van der Waals surface area contributed by atoms with Gasteiger partial charge in [0.25, 0.3) is 0 Å². The number of halogens is 1. The van der Waals surface area contributed by atoms with Gasteiger partial charge in [0, 0.05) is 17.6 Å². The lowest BCUT2D eigenvalue weighted by Gasteiger charge is -2.37. The number of rotatable bonds is 5. The third-order valence-corrected chi connectivity index (χ3v) is 5.22. The van der Waals surface area contributed by atoms with Crippen molar-refractivity contribution in [3.05, 3.63) is 28.9 Å². The summed E-state index contributed by atoms with van der Waals surface area (Å²) in [7, 11) is 3.15. The summed E-state index contributed by atoms with van der Waals surface area (Å²) in [5, 5.41) is 4.54. The summed E-state index contributed by atoms with van der Waals surface area (Å²) in [4.78, 5) is 17.4. The van der Waals surface area contributed by atoms with Crippen molar-refractivity contribution >= 4 is 28.5 Å². The molecule has 2 heterocycles. The quantitative estimate of drug-likeness (QED) is 0.806. The van der Waals surface area contributed by atoms with Gasteiger partial charge in [-0.25, -0.2) is 0 Å². The molecule has 0 amide bonds. The van der Waals surface area contributed by atoms with E-state index in [1.54, 1.807) is 26.5 Å². The highest BCUT2D eigenvalue weighted by molar-refractivity contribution is 6.32. The van der Waals surface area contributed by atoms with Crippen LogP contribution >= 0.6 is 11.6 Å². The minimum Gasteiger partial charge on any atom is -0.493 e. The van der Waals surface area contributed by atoms with Crippen molar-refractivity contribution in [2.75, 3.05) is 33.9 Å². The van der Waals surface area contributed by atoms with Crippen LogP contribution in [0.25, 0.3) is 10.9 Å². The fourth-order valence-corrected chi connectivity index (χ4v) is 3.99. The molecule has 1 N–H and O–H groups in total. The van der Waals surface area contributed by atoms with Gasteiger partial charge in [0.15, 0.2) is 11.5 Å². The second-order valence-electron chi connectivity index (χ2n) is 6.26. The molecule has 0 spiro atoms. The summed E-state index contributed by atoms with van der Waals surface area (Å²) >= 11 is 6.58. The van der Waals surface area contributed by atoms with Gasteiger partial charge in [0.2, 0.25) is 0 Å². The van der Waals surface area contributed by atoms with E-state index in [1.807, 2.05) is 13.0 Å². The molecule has 1 aliphatic heterocycles. The molecule has 1 aromatic heterocycles. The Balaban J connectivity index is 2.29. The van der Waals surface area contributed by atoms with Crippen LogP contribution < -0.4 is 14.8 Å². The third-order valence-electron chi connectivity index (χ3n) is 4.93. The molecule has 1 aromatic carbocycles. The van der Waals surface area contributed by atoms with Crippen LogP contribution in [0.4, 0.5) is 0 Å². The number of carbonyl (C=O) groups excluding carboxylic acids is 1. The normalized spacial score (nSPS) is 16.3. The van der Waals surface area contributed by atoms with E-state index in [0.29, 0.717) is 54.6 Å². The van der Waals surface area contributed by atoms with Crippen LogP contribution in [-0.4, -0.2) is 44.9 Å². The first kappa shape index (κ1) is 18.7. The molecular formula is C19H23ClN2O4. The molecule has 3 rings (SSSR count). The number of carbonyl (C=O) groups is 1. The Hall–Kier alpha value is -2.05. The summed E-state index contributed by atoms with van der Waals surface area (Å²) in [5.74, 6) is 0.903. The van der Waals surface area contributed by atoms with Crippen molar-refractivity contribution in [1.82, 2.24) is 10.3 Å². The molecule has 26 heavy (non-hydrogen) atoms. The number of piperidine rings is 1. The number of ether oxygens (including phenoxy) is 3. The number of esters is 1. The summed E-state index contributed by atoms with van der Waals surface area (Å²) in [6, 6.07) is 3.64. The van der Waals surface area contributed by atoms with Gasteiger partial charge in [-0.15, -0.1) is 0 Å². The van der Waals surface area contributed by atoms with E-state index in [9.17, 15) is 4.79 Å². The summed E-state index contributed by atoms with van der Waals surface area (Å²) < 4.78 is 16.3. The molecule has 1 saturated heterocycles. The number of aromatic nitrogens is 1. The van der Waals surface area contributed by atoms with E-state index in [1.165, 1.54) is 0 Å². The van der Waals surface area contributed by atoms with Crippen molar-refractivity contribution in [1.29, 1.82) is 0 Å². The molecule has 0 unspecified atom stereocenters. The topological polar surface area (TPSA) is 69.7 Å². The van der Waals surface area contributed by atoms with E-state index in [0.717, 1.165) is 10.9 Å². The summed E-state index contributed by atoms with van der Waals surface area (Å²) in [5.41, 5.74) is 0.647. The maximum Gasteiger partial charge on any atom is 0.316 e. The van der Waals surface area contributed by atoms with Gasteiger partial charge >= 0.3 is 5.97 Å². The van der Waals surface area contributed by atoms with Gasteiger partial charge in [-0.1, -0.05) is 11.6 Å². The molecule has 1 aliphatic rings. The molecule has 1 fully saturated rings. The second-order valence-corrected chi connectivity index (χ2v) is 6.67.